The highest BCUT2D eigenvalue weighted by Crippen LogP contribution is 2.40. The molecule has 129 valence electrons. The zero-order valence-corrected chi connectivity index (χ0v) is 16.2. The van der Waals surface area contributed by atoms with Crippen molar-refractivity contribution in [2.75, 3.05) is 0 Å². The highest BCUT2D eigenvalue weighted by Gasteiger charge is 2.26. The maximum absolute atomic E-state index is 10.8. The van der Waals surface area contributed by atoms with Gasteiger partial charge in [-0.15, -0.1) is 0 Å². The molecule has 2 aromatic carbocycles. The van der Waals surface area contributed by atoms with Crippen molar-refractivity contribution >= 4 is 0 Å². The molecule has 0 aliphatic carbocycles. The van der Waals surface area contributed by atoms with Crippen LogP contribution >= 0.6 is 0 Å². The predicted molar refractivity (Wildman–Crippen MR) is 103 cm³/mol. The first-order valence-corrected chi connectivity index (χ1v) is 8.88. The van der Waals surface area contributed by atoms with Gasteiger partial charge in [0.1, 0.15) is 5.75 Å². The molecule has 0 fully saturated rings. The smallest absolute Gasteiger partial charge is 0.123 e. The van der Waals surface area contributed by atoms with Crippen LogP contribution in [0.3, 0.4) is 0 Å². The minimum atomic E-state index is -0.0882. The summed E-state index contributed by atoms with van der Waals surface area (Å²) in [7, 11) is 0. The molecule has 0 heterocycles. The molecule has 1 radical (unpaired) electrons. The number of aromatic hydroxyl groups is 1. The number of hydrogen-bond donors (Lipinski definition) is 1. The lowest BCUT2D eigenvalue weighted by Gasteiger charge is -2.28. The van der Waals surface area contributed by atoms with Gasteiger partial charge in [-0.1, -0.05) is 78.8 Å². The van der Waals surface area contributed by atoms with E-state index in [4.69, 9.17) is 0 Å². The Balaban J connectivity index is 2.53. The van der Waals surface area contributed by atoms with Crippen LogP contribution in [0.15, 0.2) is 30.3 Å². The lowest BCUT2D eigenvalue weighted by molar-refractivity contribution is 0.423. The van der Waals surface area contributed by atoms with Crippen LogP contribution in [0.1, 0.15) is 76.3 Å². The van der Waals surface area contributed by atoms with Gasteiger partial charge < -0.3 is 5.11 Å². The molecule has 0 atom stereocenters. The quantitative estimate of drug-likeness (QED) is 0.741. The first-order chi connectivity index (χ1) is 11.0. The lowest BCUT2D eigenvalue weighted by Crippen LogP contribution is -2.18. The van der Waals surface area contributed by atoms with Crippen LogP contribution in [0.4, 0.5) is 0 Å². The second kappa shape index (κ2) is 6.63. The van der Waals surface area contributed by atoms with Crippen LogP contribution < -0.4 is 0 Å². The van der Waals surface area contributed by atoms with Gasteiger partial charge in [0.05, 0.1) is 0 Å². The van der Waals surface area contributed by atoms with Crippen LogP contribution in [0.2, 0.25) is 0 Å². The molecule has 0 amide bonds. The Morgan fingerprint density at radius 1 is 0.875 bits per heavy atom. The standard InChI is InChI=1S/C23H31O/c1-8-16-10-9-11-17(12-16)13-18-14-19(22(2,3)4)21(24)20(15-18)23(5,6)7/h9-10,12,14-15,24H,8,13H2,1-7H3. The van der Waals surface area contributed by atoms with Crippen molar-refractivity contribution in [3.05, 3.63) is 64.2 Å². The van der Waals surface area contributed by atoms with Crippen molar-refractivity contribution in [3.8, 4) is 5.75 Å². The monoisotopic (exact) mass is 323 g/mol. The Bertz CT molecular complexity index is 677. The second-order valence-corrected chi connectivity index (χ2v) is 8.79. The van der Waals surface area contributed by atoms with E-state index in [1.807, 2.05) is 6.07 Å². The van der Waals surface area contributed by atoms with E-state index < -0.39 is 0 Å². The first-order valence-electron chi connectivity index (χ1n) is 8.88. The Hall–Kier alpha value is -1.76. The molecule has 0 aromatic heterocycles. The predicted octanol–water partition coefficient (Wildman–Crippen LogP) is 5.94. The number of hydrogen-bond acceptors (Lipinski definition) is 1. The summed E-state index contributed by atoms with van der Waals surface area (Å²) >= 11 is 0. The summed E-state index contributed by atoms with van der Waals surface area (Å²) in [5.41, 5.74) is 5.67. The number of aryl methyl sites for hydroxylation is 1. The van der Waals surface area contributed by atoms with Crippen molar-refractivity contribution in [1.82, 2.24) is 0 Å². The maximum Gasteiger partial charge on any atom is 0.123 e. The van der Waals surface area contributed by atoms with E-state index in [1.54, 1.807) is 0 Å². The van der Waals surface area contributed by atoms with E-state index >= 15 is 0 Å². The highest BCUT2D eigenvalue weighted by molar-refractivity contribution is 5.50. The highest BCUT2D eigenvalue weighted by atomic mass is 16.3. The van der Waals surface area contributed by atoms with Crippen LogP contribution in [-0.4, -0.2) is 5.11 Å². The van der Waals surface area contributed by atoms with E-state index in [0.29, 0.717) is 5.75 Å². The van der Waals surface area contributed by atoms with E-state index in [9.17, 15) is 5.11 Å². The van der Waals surface area contributed by atoms with Gasteiger partial charge >= 0.3 is 0 Å². The van der Waals surface area contributed by atoms with Crippen LogP contribution in [0.5, 0.6) is 5.75 Å². The fourth-order valence-electron chi connectivity index (χ4n) is 3.05. The summed E-state index contributed by atoms with van der Waals surface area (Å²) in [6.45, 7) is 15.1. The third kappa shape index (κ3) is 4.20. The third-order valence-electron chi connectivity index (χ3n) is 4.51. The zero-order valence-electron chi connectivity index (χ0n) is 16.2. The van der Waals surface area contributed by atoms with Crippen LogP contribution in [0, 0.1) is 6.07 Å². The van der Waals surface area contributed by atoms with Gasteiger partial charge in [0.25, 0.3) is 0 Å². The summed E-state index contributed by atoms with van der Waals surface area (Å²) in [4.78, 5) is 0. The van der Waals surface area contributed by atoms with Gasteiger partial charge in [0.2, 0.25) is 0 Å². The number of phenols is 1. The lowest BCUT2D eigenvalue weighted by atomic mass is 9.78. The van der Waals surface area contributed by atoms with Crippen molar-refractivity contribution in [1.29, 1.82) is 0 Å². The summed E-state index contributed by atoms with van der Waals surface area (Å²) in [6.07, 6.45) is 1.89. The average molecular weight is 324 g/mol. The molecule has 1 N–H and O–H groups in total. The van der Waals surface area contributed by atoms with Crippen molar-refractivity contribution in [3.63, 3.8) is 0 Å². The van der Waals surface area contributed by atoms with Crippen LogP contribution in [-0.2, 0) is 23.7 Å². The van der Waals surface area contributed by atoms with Gasteiger partial charge in [-0.2, -0.15) is 0 Å². The number of rotatable bonds is 3. The van der Waals surface area contributed by atoms with Crippen molar-refractivity contribution in [2.45, 2.75) is 72.1 Å². The van der Waals surface area contributed by atoms with E-state index in [-0.39, 0.29) is 10.8 Å². The molecule has 0 bridgehead atoms. The largest absolute Gasteiger partial charge is 0.507 e. The number of phenolic OH excluding ortho intramolecular Hbond substituents is 1. The average Bonchev–Trinajstić information content (AvgIpc) is 2.46. The van der Waals surface area contributed by atoms with Crippen molar-refractivity contribution in [2.24, 2.45) is 0 Å². The molecule has 1 nitrogen and oxygen atoms in total. The molecule has 24 heavy (non-hydrogen) atoms. The van der Waals surface area contributed by atoms with Gasteiger partial charge in [-0.05, 0) is 57.6 Å². The summed E-state index contributed by atoms with van der Waals surface area (Å²) < 4.78 is 0. The van der Waals surface area contributed by atoms with Gasteiger partial charge in [0.15, 0.2) is 0 Å². The van der Waals surface area contributed by atoms with Crippen LogP contribution in [0.25, 0.3) is 0 Å². The fourth-order valence-corrected chi connectivity index (χ4v) is 3.05. The minimum absolute atomic E-state index is 0.0882. The Kier molecular flexibility index (Phi) is 5.13. The molecule has 0 unspecified atom stereocenters. The van der Waals surface area contributed by atoms with Gasteiger partial charge in [0, 0.05) is 0 Å². The minimum Gasteiger partial charge on any atom is -0.507 e. The Morgan fingerprint density at radius 3 is 1.88 bits per heavy atom. The Morgan fingerprint density at radius 2 is 1.42 bits per heavy atom. The summed E-state index contributed by atoms with van der Waals surface area (Å²) in [5.74, 6) is 0.449. The van der Waals surface area contributed by atoms with Gasteiger partial charge in [-0.3, -0.25) is 0 Å². The molecule has 0 spiro atoms. The number of benzene rings is 2. The molecular formula is C23H31O. The van der Waals surface area contributed by atoms with E-state index in [1.165, 1.54) is 16.7 Å². The van der Waals surface area contributed by atoms with E-state index in [2.05, 4.69) is 78.8 Å². The molecule has 0 saturated carbocycles. The summed E-state index contributed by atoms with van der Waals surface area (Å²) in [6, 6.07) is 14.1. The molecule has 0 saturated heterocycles. The maximum atomic E-state index is 10.8. The van der Waals surface area contributed by atoms with Gasteiger partial charge in [-0.25, -0.2) is 0 Å². The third-order valence-corrected chi connectivity index (χ3v) is 4.51. The van der Waals surface area contributed by atoms with Crippen molar-refractivity contribution < 1.29 is 5.11 Å². The molecular weight excluding hydrogens is 292 g/mol. The molecule has 0 aliphatic rings. The molecule has 0 aliphatic heterocycles. The molecule has 2 rings (SSSR count). The first kappa shape index (κ1) is 18.6. The topological polar surface area (TPSA) is 20.2 Å². The Labute approximate surface area is 147 Å². The fraction of sp³-hybridized carbons (Fsp3) is 0.478. The SMILES string of the molecule is CCc1cc[c]c(Cc2cc(C(C)(C)C)c(O)c(C(C)(C)C)c2)c1. The van der Waals surface area contributed by atoms with E-state index in [0.717, 1.165) is 24.0 Å². The summed E-state index contributed by atoms with van der Waals surface area (Å²) in [5, 5.41) is 10.8. The zero-order chi connectivity index (χ0) is 18.1. The molecule has 2 aromatic rings. The second-order valence-electron chi connectivity index (χ2n) is 8.79. The molecule has 1 heteroatoms. The normalized spacial score (nSPS) is 12.5.